The lowest BCUT2D eigenvalue weighted by Crippen LogP contribution is -2.13. The summed E-state index contributed by atoms with van der Waals surface area (Å²) in [5, 5.41) is 0. The van der Waals surface area contributed by atoms with E-state index in [0.29, 0.717) is 6.04 Å². The first-order chi connectivity index (χ1) is 2.81. The van der Waals surface area contributed by atoms with Crippen LogP contribution in [0.3, 0.4) is 0 Å². The van der Waals surface area contributed by atoms with Crippen molar-refractivity contribution in [2.75, 3.05) is 0 Å². The fourth-order valence-corrected chi connectivity index (χ4v) is 0.231. The second-order valence-electron chi connectivity index (χ2n) is 1.42. The smallest absolute Gasteiger partial charge is 0.0190 e. The van der Waals surface area contributed by atoms with Gasteiger partial charge >= 0.3 is 0 Å². The van der Waals surface area contributed by atoms with Gasteiger partial charge in [0, 0.05) is 6.04 Å². The van der Waals surface area contributed by atoms with Crippen molar-refractivity contribution in [2.45, 2.75) is 26.3 Å². The molecule has 1 N–H and O–H groups in total. The molecule has 2 heteroatoms. The second-order valence-corrected chi connectivity index (χ2v) is 1.64. The van der Waals surface area contributed by atoms with Crippen molar-refractivity contribution < 1.29 is 0 Å². The third-order valence-electron chi connectivity index (χ3n) is 0.799. The van der Waals surface area contributed by atoms with Gasteiger partial charge in [-0.05, 0) is 25.1 Å². The zero-order chi connectivity index (χ0) is 4.99. The molecule has 0 saturated heterocycles. The van der Waals surface area contributed by atoms with Crippen LogP contribution in [0.25, 0.3) is 0 Å². The minimum Gasteiger partial charge on any atom is -0.231 e. The monoisotopic (exact) mass is 107 g/mol. The lowest BCUT2D eigenvalue weighted by Gasteiger charge is -1.99. The summed E-state index contributed by atoms with van der Waals surface area (Å²) in [6, 6.07) is 0.451. The van der Waals surface area contributed by atoms with E-state index in [9.17, 15) is 0 Å². The van der Waals surface area contributed by atoms with Gasteiger partial charge < -0.3 is 0 Å². The van der Waals surface area contributed by atoms with Gasteiger partial charge in [-0.15, -0.1) is 0 Å². The number of nitrogens with one attached hydrogen (secondary N) is 1. The zero-order valence-corrected chi connectivity index (χ0v) is 4.92. The summed E-state index contributed by atoms with van der Waals surface area (Å²) in [7, 11) is 0. The van der Waals surface area contributed by atoms with Gasteiger partial charge in [0.15, 0.2) is 0 Å². The summed E-state index contributed by atoms with van der Waals surface area (Å²) < 4.78 is 0. The molecular weight excluding hydrogens is 97.5 g/mol. The largest absolute Gasteiger partial charge is 0.231 e. The third kappa shape index (κ3) is 2.49. The van der Waals surface area contributed by atoms with Crippen molar-refractivity contribution >= 4 is 11.8 Å². The molecule has 0 unspecified atom stereocenters. The molecule has 0 rings (SSSR count). The molecule has 0 radical (unpaired) electrons. The molecule has 0 aromatic rings. The molecule has 1 atom stereocenters. The maximum atomic E-state index is 5.20. The third-order valence-corrected chi connectivity index (χ3v) is 1.17. The molecule has 0 aliphatic carbocycles. The Hall–Kier alpha value is 0.250. The van der Waals surface area contributed by atoms with Gasteiger partial charge in [0.05, 0.1) is 0 Å². The Balaban J connectivity index is 2.75. The molecule has 6 heavy (non-hydrogen) atoms. The summed E-state index contributed by atoms with van der Waals surface area (Å²) >= 11 is 5.20. The van der Waals surface area contributed by atoms with Gasteiger partial charge in [-0.1, -0.05) is 6.92 Å². The van der Waals surface area contributed by atoms with E-state index in [0.717, 1.165) is 6.42 Å². The number of halogens is 1. The molecule has 1 nitrogen and oxygen atoms in total. The van der Waals surface area contributed by atoms with Crippen LogP contribution in [0.5, 0.6) is 0 Å². The van der Waals surface area contributed by atoms with Crippen LogP contribution >= 0.6 is 11.8 Å². The highest BCUT2D eigenvalue weighted by Crippen LogP contribution is 1.86. The van der Waals surface area contributed by atoms with E-state index in [2.05, 4.69) is 11.8 Å². The molecule has 0 heterocycles. The molecule has 0 aliphatic heterocycles. The Bertz CT molecular complexity index is 26.7. The van der Waals surface area contributed by atoms with Crippen LogP contribution in [0, 0.1) is 0 Å². The number of rotatable bonds is 2. The van der Waals surface area contributed by atoms with E-state index in [1.165, 1.54) is 0 Å². The predicted molar refractivity (Wildman–Crippen MR) is 28.7 cm³/mol. The normalized spacial score (nSPS) is 14.5. The molecule has 38 valence electrons. The minimum atomic E-state index is 0.451. The summed E-state index contributed by atoms with van der Waals surface area (Å²) in [5.74, 6) is 0. The second kappa shape index (κ2) is 3.44. The highest BCUT2D eigenvalue weighted by atomic mass is 35.5. The average Bonchev–Trinajstić information content (AvgIpc) is 1.65. The van der Waals surface area contributed by atoms with Crippen molar-refractivity contribution in [1.82, 2.24) is 4.84 Å². The van der Waals surface area contributed by atoms with E-state index in [1.54, 1.807) is 0 Å². The van der Waals surface area contributed by atoms with Gasteiger partial charge in [0.2, 0.25) is 0 Å². The summed E-state index contributed by atoms with van der Waals surface area (Å²) in [6.07, 6.45) is 1.09. The highest BCUT2D eigenvalue weighted by molar-refractivity contribution is 6.13. The van der Waals surface area contributed by atoms with E-state index in [1.807, 2.05) is 6.92 Å². The molecule has 0 aromatic heterocycles. The SMILES string of the molecule is CC[C@H](C)NCl. The Morgan fingerprint density at radius 1 is 1.83 bits per heavy atom. The Kier molecular flexibility index (Phi) is 3.58. The minimum absolute atomic E-state index is 0.451. The van der Waals surface area contributed by atoms with E-state index >= 15 is 0 Å². The van der Waals surface area contributed by atoms with Crippen molar-refractivity contribution in [2.24, 2.45) is 0 Å². The molecular formula is C4H10ClN. The van der Waals surface area contributed by atoms with Gasteiger partial charge in [-0.25, -0.2) is 4.84 Å². The molecule has 0 aliphatic rings. The molecule has 0 fully saturated rings. The molecule has 0 aromatic carbocycles. The topological polar surface area (TPSA) is 12.0 Å². The summed E-state index contributed by atoms with van der Waals surface area (Å²) in [6.45, 7) is 4.12. The summed E-state index contributed by atoms with van der Waals surface area (Å²) in [5.41, 5.74) is 0. The fraction of sp³-hybridized carbons (Fsp3) is 1.00. The van der Waals surface area contributed by atoms with Gasteiger partial charge in [-0.3, -0.25) is 0 Å². The summed E-state index contributed by atoms with van der Waals surface area (Å²) in [4.78, 5) is 2.59. The number of hydrogen-bond donors (Lipinski definition) is 1. The fourth-order valence-electron chi connectivity index (χ4n) is 0.0772. The highest BCUT2D eigenvalue weighted by Gasteiger charge is 1.88. The van der Waals surface area contributed by atoms with Gasteiger partial charge in [0.25, 0.3) is 0 Å². The molecule has 0 saturated carbocycles. The van der Waals surface area contributed by atoms with Crippen molar-refractivity contribution in [1.29, 1.82) is 0 Å². The van der Waals surface area contributed by atoms with Crippen LogP contribution in [-0.4, -0.2) is 6.04 Å². The van der Waals surface area contributed by atoms with Crippen LogP contribution in [0.1, 0.15) is 20.3 Å². The van der Waals surface area contributed by atoms with Gasteiger partial charge in [-0.2, -0.15) is 0 Å². The lowest BCUT2D eigenvalue weighted by molar-refractivity contribution is 0.662. The first-order valence-electron chi connectivity index (χ1n) is 2.17. The van der Waals surface area contributed by atoms with E-state index < -0.39 is 0 Å². The van der Waals surface area contributed by atoms with Crippen LogP contribution in [0.15, 0.2) is 0 Å². The number of hydrogen-bond acceptors (Lipinski definition) is 1. The van der Waals surface area contributed by atoms with Crippen LogP contribution in [0.4, 0.5) is 0 Å². The first kappa shape index (κ1) is 6.25. The van der Waals surface area contributed by atoms with Crippen molar-refractivity contribution in [3.05, 3.63) is 0 Å². The van der Waals surface area contributed by atoms with Crippen molar-refractivity contribution in [3.63, 3.8) is 0 Å². The van der Waals surface area contributed by atoms with Crippen LogP contribution in [0.2, 0.25) is 0 Å². The standard InChI is InChI=1S/C4H10ClN/c1-3-4(2)6-5/h4,6H,3H2,1-2H3/t4-/m0/s1. The predicted octanol–water partition coefficient (Wildman–Crippen LogP) is 1.53. The molecule has 0 spiro atoms. The lowest BCUT2D eigenvalue weighted by atomic mass is 10.3. The van der Waals surface area contributed by atoms with Crippen molar-refractivity contribution in [3.8, 4) is 0 Å². The Labute approximate surface area is 43.8 Å². The quantitative estimate of drug-likeness (QED) is 0.528. The molecule has 0 amide bonds. The van der Waals surface area contributed by atoms with E-state index in [4.69, 9.17) is 11.8 Å². The Morgan fingerprint density at radius 3 is 2.33 bits per heavy atom. The van der Waals surface area contributed by atoms with E-state index in [-0.39, 0.29) is 0 Å². The van der Waals surface area contributed by atoms with Gasteiger partial charge in [0.1, 0.15) is 0 Å². The Morgan fingerprint density at radius 2 is 2.33 bits per heavy atom. The zero-order valence-electron chi connectivity index (χ0n) is 4.16. The van der Waals surface area contributed by atoms with Crippen LogP contribution < -0.4 is 4.84 Å². The maximum absolute atomic E-state index is 5.20. The van der Waals surface area contributed by atoms with Crippen LogP contribution in [-0.2, 0) is 0 Å². The molecule has 0 bridgehead atoms. The average molecular weight is 108 g/mol. The first-order valence-corrected chi connectivity index (χ1v) is 2.55. The maximum Gasteiger partial charge on any atom is 0.0190 e.